The molecule has 1 atom stereocenters. The summed E-state index contributed by atoms with van der Waals surface area (Å²) < 4.78 is 0. The van der Waals surface area contributed by atoms with Gasteiger partial charge in [-0.25, -0.2) is 0 Å². The molecule has 1 aliphatic rings. The second kappa shape index (κ2) is 4.15. The van der Waals surface area contributed by atoms with Crippen LogP contribution in [-0.4, -0.2) is 12.1 Å². The van der Waals surface area contributed by atoms with Crippen molar-refractivity contribution >= 4 is 5.69 Å². The minimum atomic E-state index is -0.00579. The van der Waals surface area contributed by atoms with Crippen LogP contribution in [-0.2, 0) is 0 Å². The van der Waals surface area contributed by atoms with E-state index in [1.165, 1.54) is 12.8 Å². The molecule has 1 fully saturated rings. The first kappa shape index (κ1) is 11.0. The minimum absolute atomic E-state index is 0.00579. The molecule has 1 aliphatic carbocycles. The Kier molecular flexibility index (Phi) is 2.84. The molecular weight excluding hydrogens is 198 g/mol. The van der Waals surface area contributed by atoms with Gasteiger partial charge in [-0.1, -0.05) is 0 Å². The molecule has 0 heterocycles. The zero-order valence-electron chi connectivity index (χ0n) is 9.53. The number of nitriles is 1. The number of nitrogens with two attached hydrogens (primary N) is 1. The van der Waals surface area contributed by atoms with Crippen LogP contribution in [0, 0.1) is 17.2 Å². The van der Waals surface area contributed by atoms with Gasteiger partial charge in [-0.15, -0.1) is 0 Å². The molecule has 1 unspecified atom stereocenters. The highest BCUT2D eigenvalue weighted by molar-refractivity contribution is 5.49. The lowest BCUT2D eigenvalue weighted by molar-refractivity contribution is 0.459. The Morgan fingerprint density at radius 2 is 2.06 bits per heavy atom. The Hall–Kier alpha value is -1.53. The van der Waals surface area contributed by atoms with E-state index < -0.39 is 0 Å². The van der Waals surface area contributed by atoms with E-state index in [1.54, 1.807) is 0 Å². The van der Waals surface area contributed by atoms with Gasteiger partial charge in [0.2, 0.25) is 0 Å². The predicted molar refractivity (Wildman–Crippen MR) is 65.0 cm³/mol. The lowest BCUT2D eigenvalue weighted by atomic mass is 9.95. The molecule has 0 radical (unpaired) electrons. The molecule has 1 aromatic rings. The first-order chi connectivity index (χ1) is 7.68. The van der Waals surface area contributed by atoms with Crippen LogP contribution < -0.4 is 11.1 Å². The van der Waals surface area contributed by atoms with Crippen LogP contribution in [0.4, 0.5) is 5.69 Å². The fourth-order valence-corrected chi connectivity index (χ4v) is 2.00. The number of benzene rings is 1. The Morgan fingerprint density at radius 1 is 1.44 bits per heavy atom. The number of rotatable bonds is 4. The van der Waals surface area contributed by atoms with E-state index in [2.05, 4.69) is 18.3 Å². The Balaban J connectivity index is 2.10. The third-order valence-corrected chi connectivity index (χ3v) is 3.35. The Bertz CT molecular complexity index is 400. The molecule has 2 rings (SSSR count). The van der Waals surface area contributed by atoms with Crippen molar-refractivity contribution < 1.29 is 0 Å². The summed E-state index contributed by atoms with van der Waals surface area (Å²) in [4.78, 5) is 0. The Labute approximate surface area is 96.3 Å². The van der Waals surface area contributed by atoms with E-state index in [9.17, 15) is 0 Å². The van der Waals surface area contributed by atoms with Crippen molar-refractivity contribution in [3.05, 3.63) is 29.8 Å². The molecule has 3 N–H and O–H groups in total. The highest BCUT2D eigenvalue weighted by atomic mass is 15.0. The number of hydrogen-bond acceptors (Lipinski definition) is 3. The molecule has 0 aromatic heterocycles. The fourth-order valence-electron chi connectivity index (χ4n) is 2.00. The van der Waals surface area contributed by atoms with Crippen molar-refractivity contribution in [2.75, 3.05) is 11.9 Å². The summed E-state index contributed by atoms with van der Waals surface area (Å²) in [6.07, 6.45) is 2.52. The smallest absolute Gasteiger partial charge is 0.0991 e. The van der Waals surface area contributed by atoms with Gasteiger partial charge in [-0.05, 0) is 49.9 Å². The normalized spacial score (nSPS) is 18.6. The van der Waals surface area contributed by atoms with E-state index >= 15 is 0 Å². The van der Waals surface area contributed by atoms with Crippen molar-refractivity contribution in [1.29, 1.82) is 5.26 Å². The molecule has 1 aromatic carbocycles. The zero-order chi connectivity index (χ0) is 11.6. The average Bonchev–Trinajstić information content (AvgIpc) is 3.14. The number of nitrogens with one attached hydrogen (secondary N) is 1. The monoisotopic (exact) mass is 215 g/mol. The molecule has 0 saturated heterocycles. The van der Waals surface area contributed by atoms with E-state index in [0.717, 1.165) is 5.69 Å². The summed E-state index contributed by atoms with van der Waals surface area (Å²) in [5, 5.41) is 12.2. The lowest BCUT2D eigenvalue weighted by Gasteiger charge is -2.30. The first-order valence-corrected chi connectivity index (χ1v) is 5.66. The van der Waals surface area contributed by atoms with Crippen LogP contribution in [0.15, 0.2) is 24.3 Å². The van der Waals surface area contributed by atoms with Crippen molar-refractivity contribution in [2.45, 2.75) is 25.3 Å². The molecule has 84 valence electrons. The summed E-state index contributed by atoms with van der Waals surface area (Å²) in [5.74, 6) is 0.688. The summed E-state index contributed by atoms with van der Waals surface area (Å²) in [7, 11) is 0. The molecule has 16 heavy (non-hydrogen) atoms. The second-order valence-corrected chi connectivity index (χ2v) is 4.71. The SMILES string of the molecule is CC(CN)(Nc1ccc(C#N)cc1)C1CC1. The molecule has 1 saturated carbocycles. The van der Waals surface area contributed by atoms with Crippen molar-refractivity contribution in [2.24, 2.45) is 11.7 Å². The van der Waals surface area contributed by atoms with Gasteiger partial charge in [-0.2, -0.15) is 5.26 Å². The van der Waals surface area contributed by atoms with E-state index in [4.69, 9.17) is 11.0 Å². The largest absolute Gasteiger partial charge is 0.378 e. The van der Waals surface area contributed by atoms with Crippen LogP contribution in [0.1, 0.15) is 25.3 Å². The van der Waals surface area contributed by atoms with Gasteiger partial charge >= 0.3 is 0 Å². The maximum Gasteiger partial charge on any atom is 0.0991 e. The summed E-state index contributed by atoms with van der Waals surface area (Å²) in [5.41, 5.74) is 7.56. The predicted octanol–water partition coefficient (Wildman–Crippen LogP) is 2.10. The van der Waals surface area contributed by atoms with E-state index in [0.29, 0.717) is 18.0 Å². The number of anilines is 1. The van der Waals surface area contributed by atoms with Crippen LogP contribution >= 0.6 is 0 Å². The first-order valence-electron chi connectivity index (χ1n) is 5.66. The summed E-state index contributed by atoms with van der Waals surface area (Å²) in [6, 6.07) is 9.64. The molecular formula is C13H17N3. The molecule has 0 amide bonds. The lowest BCUT2D eigenvalue weighted by Crippen LogP contribution is -2.44. The Morgan fingerprint density at radius 3 is 2.50 bits per heavy atom. The summed E-state index contributed by atoms with van der Waals surface area (Å²) in [6.45, 7) is 2.81. The summed E-state index contributed by atoms with van der Waals surface area (Å²) >= 11 is 0. The van der Waals surface area contributed by atoms with Crippen molar-refractivity contribution in [3.8, 4) is 6.07 Å². The molecule has 0 bridgehead atoms. The quantitative estimate of drug-likeness (QED) is 0.808. The zero-order valence-corrected chi connectivity index (χ0v) is 9.53. The van der Waals surface area contributed by atoms with Gasteiger partial charge < -0.3 is 11.1 Å². The van der Waals surface area contributed by atoms with Crippen LogP contribution in [0.3, 0.4) is 0 Å². The van der Waals surface area contributed by atoms with Gasteiger partial charge in [0.25, 0.3) is 0 Å². The number of hydrogen-bond donors (Lipinski definition) is 2. The van der Waals surface area contributed by atoms with E-state index in [-0.39, 0.29) is 5.54 Å². The van der Waals surface area contributed by atoms with Gasteiger partial charge in [0.05, 0.1) is 11.6 Å². The van der Waals surface area contributed by atoms with Crippen molar-refractivity contribution in [1.82, 2.24) is 0 Å². The molecule has 3 nitrogen and oxygen atoms in total. The van der Waals surface area contributed by atoms with Crippen LogP contribution in [0.2, 0.25) is 0 Å². The van der Waals surface area contributed by atoms with Gasteiger partial charge in [0.1, 0.15) is 0 Å². The molecule has 0 spiro atoms. The third kappa shape index (κ3) is 2.17. The fraction of sp³-hybridized carbons (Fsp3) is 0.462. The van der Waals surface area contributed by atoms with Gasteiger partial charge in [0.15, 0.2) is 0 Å². The average molecular weight is 215 g/mol. The maximum absolute atomic E-state index is 8.72. The van der Waals surface area contributed by atoms with Crippen molar-refractivity contribution in [3.63, 3.8) is 0 Å². The van der Waals surface area contributed by atoms with E-state index in [1.807, 2.05) is 24.3 Å². The van der Waals surface area contributed by atoms with Gasteiger partial charge in [-0.3, -0.25) is 0 Å². The second-order valence-electron chi connectivity index (χ2n) is 4.71. The number of nitrogens with zero attached hydrogens (tertiary/aromatic N) is 1. The standard InChI is InChI=1S/C13H17N3/c1-13(9-15,11-4-5-11)16-12-6-2-10(8-14)3-7-12/h2-3,6-7,11,16H,4-5,9,15H2,1H3. The molecule has 3 heteroatoms. The topological polar surface area (TPSA) is 61.8 Å². The maximum atomic E-state index is 8.72. The van der Waals surface area contributed by atoms with Crippen LogP contribution in [0.25, 0.3) is 0 Å². The van der Waals surface area contributed by atoms with Crippen LogP contribution in [0.5, 0.6) is 0 Å². The highest BCUT2D eigenvalue weighted by Crippen LogP contribution is 2.40. The third-order valence-electron chi connectivity index (χ3n) is 3.35. The van der Waals surface area contributed by atoms with Gasteiger partial charge in [0, 0.05) is 17.8 Å². The minimum Gasteiger partial charge on any atom is -0.378 e. The highest BCUT2D eigenvalue weighted by Gasteiger charge is 2.40. The molecule has 0 aliphatic heterocycles.